The molecule has 0 aromatic heterocycles. The van der Waals surface area contributed by atoms with Gasteiger partial charge in [-0.1, -0.05) is 59.6 Å². The molecule has 0 aromatic rings. The van der Waals surface area contributed by atoms with Crippen LogP contribution in [0.5, 0.6) is 0 Å². The number of allylic oxidation sites excluding steroid dienone is 2. The molecule has 0 heterocycles. The van der Waals surface area contributed by atoms with Crippen LogP contribution in [0, 0.1) is 0 Å². The summed E-state index contributed by atoms with van der Waals surface area (Å²) in [6, 6.07) is 0. The molecular weight excluding hydrogens is 293 g/mol. The predicted molar refractivity (Wildman–Crippen MR) is 59.0 cm³/mol. The van der Waals surface area contributed by atoms with Crippen LogP contribution in [0.15, 0.2) is 24.7 Å². The molecule has 0 aliphatic heterocycles. The number of rotatable bonds is 6. The van der Waals surface area contributed by atoms with Crippen molar-refractivity contribution in [1.82, 2.24) is 0 Å². The minimum absolute atomic E-state index is 0.0945. The summed E-state index contributed by atoms with van der Waals surface area (Å²) >= 11 is 21.4. The van der Waals surface area contributed by atoms with E-state index in [1.165, 1.54) is 0 Å². The topological polar surface area (TPSA) is 35.5 Å². The maximum absolute atomic E-state index is 11.0. The van der Waals surface area contributed by atoms with Gasteiger partial charge in [-0.3, -0.25) is 0 Å². The molecule has 0 saturated heterocycles. The van der Waals surface area contributed by atoms with Gasteiger partial charge in [-0.05, 0) is 0 Å². The molecule has 80 valence electrons. The summed E-state index contributed by atoms with van der Waals surface area (Å²) in [5.41, 5.74) is 0. The minimum atomic E-state index is -2.51. The molecule has 0 saturated carbocycles. The van der Waals surface area contributed by atoms with Crippen LogP contribution in [0.2, 0.25) is 0 Å². The lowest BCUT2D eigenvalue weighted by Gasteiger charge is -1.99. The van der Waals surface area contributed by atoms with Crippen molar-refractivity contribution in [1.29, 1.82) is 0 Å². The fourth-order valence-corrected chi connectivity index (χ4v) is 1.35. The highest BCUT2D eigenvalue weighted by molar-refractivity contribution is 7.33. The highest BCUT2D eigenvalue weighted by Gasteiger charge is 2.29. The standard InChI is InChI=1S/C6H6Cl4O3P/c1-3(5(7)8)12-14(11)13-4(2)6(9)10/h5-6H,1-2H2/q+1. The van der Waals surface area contributed by atoms with E-state index in [1.807, 2.05) is 0 Å². The fraction of sp³-hybridized carbons (Fsp3) is 0.333. The molecular formula is C6H6Cl4O3P+. The van der Waals surface area contributed by atoms with Crippen LogP contribution >= 0.6 is 54.7 Å². The van der Waals surface area contributed by atoms with Gasteiger partial charge in [0.25, 0.3) is 0 Å². The zero-order valence-electron chi connectivity index (χ0n) is 6.75. The first-order valence-electron chi connectivity index (χ1n) is 3.11. The normalized spacial score (nSPS) is 10.1. The second-order valence-corrected chi connectivity index (χ2v) is 4.95. The smallest absolute Gasteiger partial charge is 0.224 e. The minimum Gasteiger partial charge on any atom is -0.224 e. The SMILES string of the molecule is C=C(O[P+](=O)OC(=C)C(Cl)Cl)C(Cl)Cl. The van der Waals surface area contributed by atoms with E-state index in [-0.39, 0.29) is 11.5 Å². The molecule has 14 heavy (non-hydrogen) atoms. The van der Waals surface area contributed by atoms with Gasteiger partial charge in [-0.15, -0.1) is 0 Å². The van der Waals surface area contributed by atoms with E-state index < -0.39 is 17.9 Å². The van der Waals surface area contributed by atoms with Gasteiger partial charge >= 0.3 is 8.25 Å². The zero-order chi connectivity index (χ0) is 11.3. The summed E-state index contributed by atoms with van der Waals surface area (Å²) < 4.78 is 20.2. The van der Waals surface area contributed by atoms with E-state index >= 15 is 0 Å². The Morgan fingerprint density at radius 1 is 1.00 bits per heavy atom. The summed E-state index contributed by atoms with van der Waals surface area (Å²) in [4.78, 5) is -1.98. The average molecular weight is 299 g/mol. The molecule has 8 heteroatoms. The molecule has 0 bridgehead atoms. The van der Waals surface area contributed by atoms with E-state index in [2.05, 4.69) is 22.2 Å². The van der Waals surface area contributed by atoms with Crippen molar-refractivity contribution in [3.8, 4) is 0 Å². The van der Waals surface area contributed by atoms with Crippen LogP contribution < -0.4 is 0 Å². The van der Waals surface area contributed by atoms with Crippen molar-refractivity contribution in [2.45, 2.75) is 9.67 Å². The Kier molecular flexibility index (Phi) is 6.92. The third-order valence-electron chi connectivity index (χ3n) is 0.870. The molecule has 0 rings (SSSR count). The summed E-state index contributed by atoms with van der Waals surface area (Å²) in [5, 5.41) is 0. The van der Waals surface area contributed by atoms with E-state index in [1.54, 1.807) is 0 Å². The van der Waals surface area contributed by atoms with Crippen LogP contribution in [0.1, 0.15) is 0 Å². The second kappa shape index (κ2) is 6.76. The van der Waals surface area contributed by atoms with Crippen molar-refractivity contribution < 1.29 is 13.6 Å². The maximum atomic E-state index is 11.0. The van der Waals surface area contributed by atoms with E-state index in [9.17, 15) is 4.57 Å². The zero-order valence-corrected chi connectivity index (χ0v) is 10.7. The van der Waals surface area contributed by atoms with Crippen molar-refractivity contribution >= 4 is 54.7 Å². The van der Waals surface area contributed by atoms with E-state index in [4.69, 9.17) is 46.4 Å². The van der Waals surface area contributed by atoms with Gasteiger partial charge in [0.05, 0.1) is 0 Å². The van der Waals surface area contributed by atoms with E-state index in [0.29, 0.717) is 0 Å². The third-order valence-corrected chi connectivity index (χ3v) is 2.61. The summed E-state index contributed by atoms with van der Waals surface area (Å²) in [6.07, 6.45) is 0. The molecule has 0 aliphatic rings. The molecule has 0 aromatic carbocycles. The van der Waals surface area contributed by atoms with Crippen LogP contribution in [0.3, 0.4) is 0 Å². The van der Waals surface area contributed by atoms with Gasteiger partial charge in [0, 0.05) is 4.57 Å². The first kappa shape index (κ1) is 14.3. The third kappa shape index (κ3) is 5.94. The molecule has 3 nitrogen and oxygen atoms in total. The lowest BCUT2D eigenvalue weighted by molar-refractivity contribution is 0.316. The molecule has 0 N–H and O–H groups in total. The highest BCUT2D eigenvalue weighted by Crippen LogP contribution is 2.34. The van der Waals surface area contributed by atoms with Crippen LogP contribution in [0.4, 0.5) is 0 Å². The predicted octanol–water partition coefficient (Wildman–Crippen LogP) is 4.31. The van der Waals surface area contributed by atoms with Gasteiger partial charge in [-0.2, -0.15) is 0 Å². The monoisotopic (exact) mass is 297 g/mol. The fourth-order valence-electron chi connectivity index (χ4n) is 0.290. The molecule has 0 atom stereocenters. The first-order chi connectivity index (χ1) is 6.34. The molecule has 0 amide bonds. The van der Waals surface area contributed by atoms with Crippen molar-refractivity contribution in [3.63, 3.8) is 0 Å². The Labute approximate surface area is 103 Å². The quantitative estimate of drug-likeness (QED) is 0.416. The number of halogens is 4. The Hall–Kier alpha value is 0.340. The maximum Gasteiger partial charge on any atom is 0.804 e. The summed E-state index contributed by atoms with van der Waals surface area (Å²) in [7, 11) is -2.51. The molecule has 0 aliphatic carbocycles. The van der Waals surface area contributed by atoms with Crippen molar-refractivity contribution in [2.24, 2.45) is 0 Å². The molecule has 0 spiro atoms. The van der Waals surface area contributed by atoms with Crippen LogP contribution in [-0.4, -0.2) is 9.67 Å². The number of hydrogen-bond acceptors (Lipinski definition) is 3. The van der Waals surface area contributed by atoms with Gasteiger partial charge in [0.15, 0.2) is 21.2 Å². The summed E-state index contributed by atoms with van der Waals surface area (Å²) in [6.45, 7) is 6.60. The Morgan fingerprint density at radius 2 is 1.29 bits per heavy atom. The Bertz CT molecular complexity index is 229. The highest BCUT2D eigenvalue weighted by atomic mass is 35.5. The average Bonchev–Trinajstić information content (AvgIpc) is 2.03. The van der Waals surface area contributed by atoms with Gasteiger partial charge < -0.3 is 0 Å². The van der Waals surface area contributed by atoms with Crippen molar-refractivity contribution in [3.05, 3.63) is 24.7 Å². The Balaban J connectivity index is 4.00. The van der Waals surface area contributed by atoms with Gasteiger partial charge in [0.2, 0.25) is 0 Å². The van der Waals surface area contributed by atoms with Crippen LogP contribution in [-0.2, 0) is 13.6 Å². The second-order valence-electron chi connectivity index (χ2n) is 1.94. The van der Waals surface area contributed by atoms with Gasteiger partial charge in [-0.25, -0.2) is 9.05 Å². The molecule has 0 unspecified atom stereocenters. The largest absolute Gasteiger partial charge is 0.804 e. The van der Waals surface area contributed by atoms with E-state index in [0.717, 1.165) is 0 Å². The Morgan fingerprint density at radius 3 is 1.50 bits per heavy atom. The molecule has 0 fully saturated rings. The lowest BCUT2D eigenvalue weighted by atomic mass is 10.7. The number of alkyl halides is 4. The lowest BCUT2D eigenvalue weighted by Crippen LogP contribution is -1.97. The first-order valence-corrected chi connectivity index (χ1v) is 5.95. The summed E-state index contributed by atoms with van der Waals surface area (Å²) in [5.74, 6) is -0.189. The van der Waals surface area contributed by atoms with Crippen LogP contribution in [0.25, 0.3) is 0 Å². The number of hydrogen-bond donors (Lipinski definition) is 0. The van der Waals surface area contributed by atoms with Gasteiger partial charge in [0.1, 0.15) is 0 Å². The molecule has 0 radical (unpaired) electrons. The van der Waals surface area contributed by atoms with Crippen molar-refractivity contribution in [2.75, 3.05) is 0 Å².